The highest BCUT2D eigenvalue weighted by atomic mass is 16.5. The number of nitrogens with one attached hydrogen (secondary N) is 1. The molecule has 0 aromatic heterocycles. The van der Waals surface area contributed by atoms with Gasteiger partial charge in [0, 0.05) is 12.5 Å². The van der Waals surface area contributed by atoms with E-state index in [9.17, 15) is 0 Å². The average molecular weight is 231 g/mol. The van der Waals surface area contributed by atoms with E-state index in [1.807, 2.05) is 7.05 Å². The van der Waals surface area contributed by atoms with Crippen molar-refractivity contribution in [2.24, 2.45) is 0 Å². The number of benzene rings is 1. The minimum Gasteiger partial charge on any atom is -0.493 e. The first-order chi connectivity index (χ1) is 8.24. The first kappa shape index (κ1) is 12.2. The molecule has 2 nitrogen and oxygen atoms in total. The lowest BCUT2D eigenvalue weighted by Gasteiger charge is -2.18. The van der Waals surface area contributed by atoms with Crippen LogP contribution in [0.15, 0.2) is 30.4 Å². The third kappa shape index (κ3) is 2.70. The molecular weight excluding hydrogens is 210 g/mol. The normalized spacial score (nSPS) is 15.2. The van der Waals surface area contributed by atoms with E-state index in [4.69, 9.17) is 4.74 Å². The van der Waals surface area contributed by atoms with Gasteiger partial charge in [0.25, 0.3) is 0 Å². The van der Waals surface area contributed by atoms with Gasteiger partial charge in [-0.25, -0.2) is 0 Å². The van der Waals surface area contributed by atoms with Gasteiger partial charge in [0.1, 0.15) is 5.75 Å². The zero-order valence-electron chi connectivity index (χ0n) is 10.8. The molecule has 0 radical (unpaired) electrons. The lowest BCUT2D eigenvalue weighted by atomic mass is 9.96. The van der Waals surface area contributed by atoms with Crippen molar-refractivity contribution in [3.63, 3.8) is 0 Å². The van der Waals surface area contributed by atoms with Crippen LogP contribution in [-0.4, -0.2) is 13.7 Å². The molecule has 17 heavy (non-hydrogen) atoms. The Morgan fingerprint density at radius 3 is 3.06 bits per heavy atom. The summed E-state index contributed by atoms with van der Waals surface area (Å²) in [6.07, 6.45) is 3.09. The molecule has 0 saturated carbocycles. The van der Waals surface area contributed by atoms with Crippen LogP contribution in [0.4, 0.5) is 0 Å². The van der Waals surface area contributed by atoms with Crippen molar-refractivity contribution in [3.8, 4) is 5.75 Å². The largest absolute Gasteiger partial charge is 0.493 e. The van der Waals surface area contributed by atoms with Crippen LogP contribution in [0.3, 0.4) is 0 Å². The van der Waals surface area contributed by atoms with E-state index in [-0.39, 0.29) is 0 Å². The van der Waals surface area contributed by atoms with Crippen LogP contribution < -0.4 is 10.1 Å². The fraction of sp³-hybridized carbons (Fsp3) is 0.467. The van der Waals surface area contributed by atoms with Crippen LogP contribution >= 0.6 is 0 Å². The summed E-state index contributed by atoms with van der Waals surface area (Å²) in [7, 11) is 2.01. The van der Waals surface area contributed by atoms with E-state index < -0.39 is 0 Å². The van der Waals surface area contributed by atoms with Gasteiger partial charge in [-0.2, -0.15) is 0 Å². The lowest BCUT2D eigenvalue weighted by molar-refractivity contribution is 0.356. The van der Waals surface area contributed by atoms with Crippen molar-refractivity contribution in [2.75, 3.05) is 13.7 Å². The summed E-state index contributed by atoms with van der Waals surface area (Å²) in [6.45, 7) is 7.08. The minimum atomic E-state index is 0.369. The van der Waals surface area contributed by atoms with Crippen LogP contribution in [0.2, 0.25) is 0 Å². The SMILES string of the molecule is C=C(CC)CC(NC)c1ccc2c(c1)CCO2. The first-order valence-electron chi connectivity index (χ1n) is 6.34. The average Bonchev–Trinajstić information content (AvgIpc) is 2.82. The van der Waals surface area contributed by atoms with Crippen LogP contribution in [0.1, 0.15) is 36.9 Å². The van der Waals surface area contributed by atoms with Crippen molar-refractivity contribution >= 4 is 0 Å². The standard InChI is InChI=1S/C15H21NO/c1-4-11(2)9-14(16-3)12-5-6-15-13(10-12)7-8-17-15/h5-6,10,14,16H,2,4,7-9H2,1,3H3. The molecule has 0 fully saturated rings. The van der Waals surface area contributed by atoms with Crippen molar-refractivity contribution in [1.29, 1.82) is 0 Å². The maximum Gasteiger partial charge on any atom is 0.122 e. The van der Waals surface area contributed by atoms with E-state index in [1.165, 1.54) is 16.7 Å². The van der Waals surface area contributed by atoms with E-state index in [2.05, 4.69) is 37.0 Å². The van der Waals surface area contributed by atoms with Crippen LogP contribution in [0.5, 0.6) is 5.75 Å². The highest BCUT2D eigenvalue weighted by Crippen LogP contribution is 2.30. The second kappa shape index (κ2) is 5.37. The number of hydrogen-bond donors (Lipinski definition) is 1. The van der Waals surface area contributed by atoms with E-state index in [1.54, 1.807) is 0 Å². The number of ether oxygens (including phenoxy) is 1. The topological polar surface area (TPSA) is 21.3 Å². The van der Waals surface area contributed by atoms with Crippen molar-refractivity contribution in [3.05, 3.63) is 41.5 Å². The number of rotatable bonds is 5. The minimum absolute atomic E-state index is 0.369. The van der Waals surface area contributed by atoms with Crippen LogP contribution in [-0.2, 0) is 6.42 Å². The van der Waals surface area contributed by atoms with Gasteiger partial charge < -0.3 is 10.1 Å². The zero-order chi connectivity index (χ0) is 12.3. The van der Waals surface area contributed by atoms with E-state index in [0.29, 0.717) is 6.04 Å². The van der Waals surface area contributed by atoms with Gasteiger partial charge in [-0.3, -0.25) is 0 Å². The Morgan fingerprint density at radius 1 is 1.53 bits per heavy atom. The van der Waals surface area contributed by atoms with Crippen molar-refractivity contribution in [2.45, 2.75) is 32.2 Å². The molecule has 1 heterocycles. The van der Waals surface area contributed by atoms with Gasteiger partial charge in [0.15, 0.2) is 0 Å². The summed E-state index contributed by atoms with van der Waals surface area (Å²) >= 11 is 0. The molecule has 92 valence electrons. The molecule has 0 saturated heterocycles. The predicted molar refractivity (Wildman–Crippen MR) is 71.5 cm³/mol. The number of hydrogen-bond acceptors (Lipinski definition) is 2. The molecule has 0 aliphatic carbocycles. The first-order valence-corrected chi connectivity index (χ1v) is 6.34. The highest BCUT2D eigenvalue weighted by molar-refractivity contribution is 5.41. The summed E-state index contributed by atoms with van der Waals surface area (Å²) in [5.41, 5.74) is 3.97. The maximum atomic E-state index is 5.53. The van der Waals surface area contributed by atoms with Crippen LogP contribution in [0, 0.1) is 0 Å². The van der Waals surface area contributed by atoms with Crippen molar-refractivity contribution < 1.29 is 4.74 Å². The third-order valence-corrected chi connectivity index (χ3v) is 3.46. The quantitative estimate of drug-likeness (QED) is 0.785. The molecule has 1 unspecified atom stereocenters. The Balaban J connectivity index is 2.16. The van der Waals surface area contributed by atoms with E-state index in [0.717, 1.165) is 31.6 Å². The van der Waals surface area contributed by atoms with Crippen LogP contribution in [0.25, 0.3) is 0 Å². The van der Waals surface area contributed by atoms with Gasteiger partial charge >= 0.3 is 0 Å². The molecule has 0 amide bonds. The Hall–Kier alpha value is -1.28. The summed E-state index contributed by atoms with van der Waals surface area (Å²) in [6, 6.07) is 6.89. The Morgan fingerprint density at radius 2 is 2.35 bits per heavy atom. The molecule has 1 aromatic carbocycles. The predicted octanol–water partition coefficient (Wildman–Crippen LogP) is 3.24. The molecule has 1 aliphatic rings. The van der Waals surface area contributed by atoms with Gasteiger partial charge in [-0.05, 0) is 37.1 Å². The molecule has 1 aliphatic heterocycles. The number of fused-ring (bicyclic) bond motifs is 1. The summed E-state index contributed by atoms with van der Waals surface area (Å²) in [5, 5.41) is 3.37. The van der Waals surface area contributed by atoms with E-state index >= 15 is 0 Å². The molecule has 0 spiro atoms. The highest BCUT2D eigenvalue weighted by Gasteiger charge is 2.16. The van der Waals surface area contributed by atoms with Gasteiger partial charge in [-0.1, -0.05) is 31.2 Å². The summed E-state index contributed by atoms with van der Waals surface area (Å²) in [4.78, 5) is 0. The second-order valence-corrected chi connectivity index (χ2v) is 4.61. The Labute approximate surface area is 104 Å². The molecule has 2 heteroatoms. The van der Waals surface area contributed by atoms with Crippen molar-refractivity contribution in [1.82, 2.24) is 5.32 Å². The smallest absolute Gasteiger partial charge is 0.122 e. The lowest BCUT2D eigenvalue weighted by Crippen LogP contribution is -2.16. The van der Waals surface area contributed by atoms with Gasteiger partial charge in [0.2, 0.25) is 0 Å². The molecule has 1 aromatic rings. The Kier molecular flexibility index (Phi) is 3.85. The molecule has 0 bridgehead atoms. The summed E-state index contributed by atoms with van der Waals surface area (Å²) in [5.74, 6) is 1.05. The van der Waals surface area contributed by atoms with Gasteiger partial charge in [0.05, 0.1) is 6.61 Å². The zero-order valence-corrected chi connectivity index (χ0v) is 10.8. The molecular formula is C15H21NO. The fourth-order valence-corrected chi connectivity index (χ4v) is 2.24. The monoisotopic (exact) mass is 231 g/mol. The molecule has 2 rings (SSSR count). The molecule has 1 N–H and O–H groups in total. The summed E-state index contributed by atoms with van der Waals surface area (Å²) < 4.78 is 5.53. The maximum absolute atomic E-state index is 5.53. The fourth-order valence-electron chi connectivity index (χ4n) is 2.24. The molecule has 1 atom stereocenters. The third-order valence-electron chi connectivity index (χ3n) is 3.46. The Bertz CT molecular complexity index is 411. The van der Waals surface area contributed by atoms with Gasteiger partial charge in [-0.15, -0.1) is 0 Å². The second-order valence-electron chi connectivity index (χ2n) is 4.61.